The molecule has 8 heteroatoms. The second-order valence-electron chi connectivity index (χ2n) is 7.48. The fraction of sp³-hybridized carbons (Fsp3) is 0.348. The van der Waals surface area contributed by atoms with Crippen molar-refractivity contribution in [1.82, 2.24) is 15.2 Å². The van der Waals surface area contributed by atoms with E-state index >= 15 is 0 Å². The number of allylic oxidation sites excluding steroid dienone is 1. The number of nitrogens with zero attached hydrogens (tertiary/aromatic N) is 3. The number of benzene rings is 1. The van der Waals surface area contributed by atoms with E-state index in [1.165, 1.54) is 0 Å². The normalized spacial score (nSPS) is 18.1. The molecule has 0 saturated carbocycles. The summed E-state index contributed by atoms with van der Waals surface area (Å²) in [5.74, 6) is 0.978. The van der Waals surface area contributed by atoms with E-state index in [-0.39, 0.29) is 5.91 Å². The summed E-state index contributed by atoms with van der Waals surface area (Å²) in [6.45, 7) is 3.64. The molecule has 1 saturated heterocycles. The third-order valence-electron chi connectivity index (χ3n) is 5.34. The van der Waals surface area contributed by atoms with Crippen LogP contribution in [0.5, 0.6) is 0 Å². The molecule has 2 aliphatic rings. The van der Waals surface area contributed by atoms with Crippen LogP contribution in [0.3, 0.4) is 0 Å². The first-order valence-electron chi connectivity index (χ1n) is 10.4. The first-order chi connectivity index (χ1) is 15.2. The molecule has 2 aliphatic heterocycles. The number of aromatic nitrogens is 1. The molecule has 31 heavy (non-hydrogen) atoms. The summed E-state index contributed by atoms with van der Waals surface area (Å²) in [4.78, 5) is 33.1. The number of carbonyl (C=O) groups excluding carboxylic acids is 2. The molecule has 1 N–H and O–H groups in total. The minimum absolute atomic E-state index is 0.0299. The molecule has 1 aromatic heterocycles. The van der Waals surface area contributed by atoms with Gasteiger partial charge in [-0.2, -0.15) is 0 Å². The lowest BCUT2D eigenvalue weighted by molar-refractivity contribution is 0.0746. The highest BCUT2D eigenvalue weighted by Crippen LogP contribution is 2.23. The molecule has 2 amide bonds. The standard InChI is InChI=1S/C23H26N4O3S/c28-22(27-13-11-26(12-14-27)21-5-1-2-10-24-21)19-8-6-18(7-9-19)16-25-23(29)30-17-20-4-3-15-31-20/h1-3,5-10,15,20H,4,11-14,16-17H2,(H,25,29). The van der Waals surface area contributed by atoms with Crippen molar-refractivity contribution in [3.63, 3.8) is 0 Å². The van der Waals surface area contributed by atoms with Gasteiger partial charge in [0.2, 0.25) is 0 Å². The highest BCUT2D eigenvalue weighted by Gasteiger charge is 2.22. The molecule has 0 radical (unpaired) electrons. The van der Waals surface area contributed by atoms with Gasteiger partial charge in [-0.3, -0.25) is 4.79 Å². The summed E-state index contributed by atoms with van der Waals surface area (Å²) in [7, 11) is 0. The summed E-state index contributed by atoms with van der Waals surface area (Å²) in [5.41, 5.74) is 1.58. The molecule has 1 unspecified atom stereocenters. The van der Waals surface area contributed by atoms with E-state index < -0.39 is 6.09 Å². The summed E-state index contributed by atoms with van der Waals surface area (Å²) in [6.07, 6.45) is 4.39. The lowest BCUT2D eigenvalue weighted by atomic mass is 10.1. The number of ether oxygens (including phenoxy) is 1. The predicted molar refractivity (Wildman–Crippen MR) is 122 cm³/mol. The number of hydrogen-bond donors (Lipinski definition) is 1. The van der Waals surface area contributed by atoms with Crippen molar-refractivity contribution >= 4 is 29.6 Å². The van der Waals surface area contributed by atoms with Gasteiger partial charge in [0, 0.05) is 49.7 Å². The molecule has 7 nitrogen and oxygen atoms in total. The van der Waals surface area contributed by atoms with E-state index in [4.69, 9.17) is 4.74 Å². The molecule has 2 aromatic rings. The van der Waals surface area contributed by atoms with Crippen LogP contribution in [0.15, 0.2) is 60.1 Å². The topological polar surface area (TPSA) is 74.8 Å². The molecular weight excluding hydrogens is 412 g/mol. The Balaban J connectivity index is 1.21. The van der Waals surface area contributed by atoms with Crippen molar-refractivity contribution in [1.29, 1.82) is 0 Å². The van der Waals surface area contributed by atoms with Crippen LogP contribution in [0.4, 0.5) is 10.6 Å². The number of anilines is 1. The fourth-order valence-corrected chi connectivity index (χ4v) is 4.37. The van der Waals surface area contributed by atoms with Crippen LogP contribution in [-0.2, 0) is 11.3 Å². The molecule has 0 spiro atoms. The van der Waals surface area contributed by atoms with Gasteiger partial charge in [-0.05, 0) is 41.7 Å². The Hall–Kier alpha value is -3.00. The maximum absolute atomic E-state index is 12.8. The van der Waals surface area contributed by atoms with Crippen LogP contribution in [0.2, 0.25) is 0 Å². The molecular formula is C23H26N4O3S. The second-order valence-corrected chi connectivity index (χ2v) is 8.69. The Bertz CT molecular complexity index is 904. The van der Waals surface area contributed by atoms with Crippen LogP contribution in [0.25, 0.3) is 0 Å². The van der Waals surface area contributed by atoms with E-state index in [0.29, 0.717) is 37.1 Å². The molecule has 4 rings (SSSR count). The predicted octanol–water partition coefficient (Wildman–Crippen LogP) is 3.29. The minimum atomic E-state index is -0.418. The third-order valence-corrected chi connectivity index (χ3v) is 6.41. The van der Waals surface area contributed by atoms with Crippen molar-refractivity contribution in [2.75, 3.05) is 37.7 Å². The minimum Gasteiger partial charge on any atom is -0.448 e. The van der Waals surface area contributed by atoms with Crippen molar-refractivity contribution in [2.45, 2.75) is 18.2 Å². The molecule has 3 heterocycles. The zero-order valence-electron chi connectivity index (χ0n) is 17.3. The summed E-state index contributed by atoms with van der Waals surface area (Å²) in [5, 5.41) is 5.12. The summed E-state index contributed by atoms with van der Waals surface area (Å²) in [6, 6.07) is 13.2. The first-order valence-corrected chi connectivity index (χ1v) is 11.4. The number of pyridine rings is 1. The van der Waals surface area contributed by atoms with E-state index in [2.05, 4.69) is 21.3 Å². The number of rotatable bonds is 6. The quantitative estimate of drug-likeness (QED) is 0.746. The second kappa shape index (κ2) is 10.3. The number of carbonyl (C=O) groups is 2. The SMILES string of the molecule is O=C(NCc1ccc(C(=O)N2CCN(c3ccccn3)CC2)cc1)OCC1CC=CS1. The van der Waals surface area contributed by atoms with Gasteiger partial charge in [-0.1, -0.05) is 24.3 Å². The van der Waals surface area contributed by atoms with Crippen LogP contribution in [0, 0.1) is 0 Å². The monoisotopic (exact) mass is 438 g/mol. The lowest BCUT2D eigenvalue weighted by Gasteiger charge is -2.35. The first kappa shape index (κ1) is 21.2. The Labute approximate surface area is 186 Å². The maximum Gasteiger partial charge on any atom is 0.407 e. The highest BCUT2D eigenvalue weighted by atomic mass is 32.2. The third kappa shape index (κ3) is 5.79. The number of amides is 2. The van der Waals surface area contributed by atoms with Gasteiger partial charge in [-0.25, -0.2) is 9.78 Å². The van der Waals surface area contributed by atoms with Gasteiger partial charge in [0.25, 0.3) is 5.91 Å². The number of hydrogen-bond acceptors (Lipinski definition) is 6. The molecule has 1 atom stereocenters. The van der Waals surface area contributed by atoms with E-state index in [0.717, 1.165) is 30.9 Å². The van der Waals surface area contributed by atoms with Gasteiger partial charge in [0.1, 0.15) is 12.4 Å². The molecule has 162 valence electrons. The highest BCUT2D eigenvalue weighted by molar-refractivity contribution is 8.03. The average Bonchev–Trinajstić information content (AvgIpc) is 3.36. The molecule has 1 aromatic carbocycles. The zero-order chi connectivity index (χ0) is 21.5. The number of thioether (sulfide) groups is 1. The van der Waals surface area contributed by atoms with Gasteiger partial charge in [0.05, 0.1) is 0 Å². The Morgan fingerprint density at radius 3 is 2.58 bits per heavy atom. The molecule has 0 aliphatic carbocycles. The van der Waals surface area contributed by atoms with Crippen LogP contribution in [0.1, 0.15) is 22.3 Å². The van der Waals surface area contributed by atoms with Crippen molar-refractivity contribution in [3.05, 3.63) is 71.3 Å². The zero-order valence-corrected chi connectivity index (χ0v) is 18.1. The van der Waals surface area contributed by atoms with Gasteiger partial charge < -0.3 is 19.9 Å². The van der Waals surface area contributed by atoms with Crippen LogP contribution < -0.4 is 10.2 Å². The van der Waals surface area contributed by atoms with Gasteiger partial charge in [-0.15, -0.1) is 11.8 Å². The van der Waals surface area contributed by atoms with E-state index in [9.17, 15) is 9.59 Å². The fourth-order valence-electron chi connectivity index (χ4n) is 3.56. The maximum atomic E-state index is 12.8. The Morgan fingerprint density at radius 1 is 1.10 bits per heavy atom. The summed E-state index contributed by atoms with van der Waals surface area (Å²) >= 11 is 1.69. The number of nitrogens with one attached hydrogen (secondary N) is 1. The largest absolute Gasteiger partial charge is 0.448 e. The van der Waals surface area contributed by atoms with E-state index in [1.807, 2.05) is 52.8 Å². The van der Waals surface area contributed by atoms with Crippen molar-refractivity contribution in [3.8, 4) is 0 Å². The molecule has 1 fully saturated rings. The van der Waals surface area contributed by atoms with Gasteiger partial charge in [0.15, 0.2) is 0 Å². The van der Waals surface area contributed by atoms with Gasteiger partial charge >= 0.3 is 6.09 Å². The summed E-state index contributed by atoms with van der Waals surface area (Å²) < 4.78 is 5.25. The number of alkyl carbamates (subject to hydrolysis) is 1. The Morgan fingerprint density at radius 2 is 1.90 bits per heavy atom. The van der Waals surface area contributed by atoms with Crippen molar-refractivity contribution < 1.29 is 14.3 Å². The molecule has 0 bridgehead atoms. The van der Waals surface area contributed by atoms with Crippen LogP contribution in [-0.4, -0.2) is 59.9 Å². The smallest absolute Gasteiger partial charge is 0.407 e. The Kier molecular flexibility index (Phi) is 7.09. The van der Waals surface area contributed by atoms with Crippen LogP contribution >= 0.6 is 11.8 Å². The van der Waals surface area contributed by atoms with E-state index in [1.54, 1.807) is 18.0 Å². The average molecular weight is 439 g/mol. The number of piperazine rings is 1. The van der Waals surface area contributed by atoms with Crippen molar-refractivity contribution in [2.24, 2.45) is 0 Å². The lowest BCUT2D eigenvalue weighted by Crippen LogP contribution is -2.49.